The average molecular weight is 288 g/mol. The highest BCUT2D eigenvalue weighted by Crippen LogP contribution is 2.28. The predicted octanol–water partition coefficient (Wildman–Crippen LogP) is 4.90. The molecule has 108 valence electrons. The maximum absolute atomic E-state index is 5.93. The van der Waals surface area contributed by atoms with Crippen molar-refractivity contribution in [2.24, 2.45) is 0 Å². The Morgan fingerprint density at radius 2 is 1.77 bits per heavy atom. The monoisotopic (exact) mass is 288 g/mol. The second-order valence-corrected chi connectivity index (χ2v) is 5.58. The first-order chi connectivity index (χ1) is 10.7. The van der Waals surface area contributed by atoms with Gasteiger partial charge in [-0.25, -0.2) is 4.98 Å². The predicted molar refractivity (Wildman–Crippen MR) is 88.2 cm³/mol. The minimum absolute atomic E-state index is 0.678. The summed E-state index contributed by atoms with van der Waals surface area (Å²) in [5.41, 5.74) is 6.23. The molecule has 0 saturated heterocycles. The number of hydrogen-bond donors (Lipinski definition) is 0. The van der Waals surface area contributed by atoms with Crippen molar-refractivity contribution in [3.8, 4) is 17.1 Å². The third-order valence-corrected chi connectivity index (χ3v) is 3.89. The van der Waals surface area contributed by atoms with Gasteiger partial charge in [-0.3, -0.25) is 0 Å². The van der Waals surface area contributed by atoms with Crippen molar-refractivity contribution in [1.29, 1.82) is 0 Å². The third-order valence-electron chi connectivity index (χ3n) is 3.89. The van der Waals surface area contributed by atoms with E-state index in [0.29, 0.717) is 5.89 Å². The topological polar surface area (TPSA) is 31.0 Å². The second kappa shape index (κ2) is 4.88. The zero-order chi connectivity index (χ0) is 15.1. The maximum atomic E-state index is 5.93. The number of aromatic nitrogens is 2. The first-order valence-electron chi connectivity index (χ1n) is 7.32. The third kappa shape index (κ3) is 2.11. The lowest BCUT2D eigenvalue weighted by Crippen LogP contribution is -1.88. The van der Waals surface area contributed by atoms with Crippen LogP contribution in [0.1, 0.15) is 11.1 Å². The summed E-state index contributed by atoms with van der Waals surface area (Å²) >= 11 is 0. The molecule has 3 heteroatoms. The Kier molecular flexibility index (Phi) is 2.86. The maximum Gasteiger partial charge on any atom is 0.227 e. The number of aryl methyl sites for hydroxylation is 2. The van der Waals surface area contributed by atoms with Gasteiger partial charge in [-0.1, -0.05) is 17.7 Å². The van der Waals surface area contributed by atoms with Gasteiger partial charge in [-0.15, -0.1) is 0 Å². The summed E-state index contributed by atoms with van der Waals surface area (Å²) in [6, 6.07) is 16.4. The van der Waals surface area contributed by atoms with Gasteiger partial charge in [0.25, 0.3) is 0 Å². The molecule has 0 fully saturated rings. The average Bonchev–Trinajstić information content (AvgIpc) is 3.15. The van der Waals surface area contributed by atoms with Gasteiger partial charge >= 0.3 is 0 Å². The highest BCUT2D eigenvalue weighted by molar-refractivity contribution is 5.79. The molecule has 0 aliphatic carbocycles. The van der Waals surface area contributed by atoms with Gasteiger partial charge < -0.3 is 8.98 Å². The van der Waals surface area contributed by atoms with Gasteiger partial charge in [0.1, 0.15) is 5.52 Å². The molecule has 0 amide bonds. The minimum atomic E-state index is 0.678. The Hall–Kier alpha value is -2.81. The summed E-state index contributed by atoms with van der Waals surface area (Å²) in [7, 11) is 0. The summed E-state index contributed by atoms with van der Waals surface area (Å²) in [5, 5.41) is 0. The van der Waals surface area contributed by atoms with Crippen LogP contribution in [0.5, 0.6) is 0 Å². The summed E-state index contributed by atoms with van der Waals surface area (Å²) in [5.74, 6) is 0.678. The van der Waals surface area contributed by atoms with E-state index in [1.165, 1.54) is 11.1 Å². The van der Waals surface area contributed by atoms with Crippen LogP contribution in [0.4, 0.5) is 0 Å². The van der Waals surface area contributed by atoms with Gasteiger partial charge in [0.15, 0.2) is 5.58 Å². The first kappa shape index (κ1) is 12.9. The van der Waals surface area contributed by atoms with Crippen LogP contribution in [0, 0.1) is 13.8 Å². The van der Waals surface area contributed by atoms with Gasteiger partial charge in [0, 0.05) is 23.6 Å². The molecule has 2 aromatic carbocycles. The quantitative estimate of drug-likeness (QED) is 0.525. The molecule has 0 saturated carbocycles. The van der Waals surface area contributed by atoms with Crippen LogP contribution in [0.2, 0.25) is 0 Å². The van der Waals surface area contributed by atoms with E-state index in [4.69, 9.17) is 4.42 Å². The molecule has 22 heavy (non-hydrogen) atoms. The molecule has 4 rings (SSSR count). The van der Waals surface area contributed by atoms with Gasteiger partial charge in [0.05, 0.1) is 0 Å². The fraction of sp³-hybridized carbons (Fsp3) is 0.105. The van der Waals surface area contributed by atoms with Crippen molar-refractivity contribution in [2.45, 2.75) is 13.8 Å². The zero-order valence-corrected chi connectivity index (χ0v) is 12.6. The van der Waals surface area contributed by atoms with Crippen LogP contribution in [-0.2, 0) is 0 Å². The molecule has 0 aliphatic rings. The SMILES string of the molecule is Cc1ccc(-c2nc3cc(-n4cccc4)ccc3o2)c(C)c1. The van der Waals surface area contributed by atoms with E-state index in [-0.39, 0.29) is 0 Å². The highest BCUT2D eigenvalue weighted by atomic mass is 16.3. The lowest BCUT2D eigenvalue weighted by atomic mass is 10.1. The van der Waals surface area contributed by atoms with Crippen molar-refractivity contribution in [3.05, 3.63) is 72.1 Å². The standard InChI is InChI=1S/C19H16N2O/c1-13-5-7-16(14(2)11-13)19-20-17-12-15(6-8-18(17)22-19)21-9-3-4-10-21/h3-12H,1-2H3. The molecule has 3 nitrogen and oxygen atoms in total. The number of benzene rings is 2. The fourth-order valence-corrected chi connectivity index (χ4v) is 2.75. The van der Waals surface area contributed by atoms with Crippen LogP contribution < -0.4 is 0 Å². The molecule has 2 heterocycles. The van der Waals surface area contributed by atoms with E-state index in [1.807, 2.05) is 42.7 Å². The van der Waals surface area contributed by atoms with Crippen molar-refractivity contribution < 1.29 is 4.42 Å². The lowest BCUT2D eigenvalue weighted by Gasteiger charge is -2.01. The molecule has 0 aliphatic heterocycles. The summed E-state index contributed by atoms with van der Waals surface area (Å²) in [6.45, 7) is 4.18. The largest absolute Gasteiger partial charge is 0.436 e. The fourth-order valence-electron chi connectivity index (χ4n) is 2.75. The van der Waals surface area contributed by atoms with Crippen LogP contribution in [0.25, 0.3) is 28.2 Å². The number of hydrogen-bond acceptors (Lipinski definition) is 2. The van der Waals surface area contributed by atoms with Crippen LogP contribution in [-0.4, -0.2) is 9.55 Å². The van der Waals surface area contributed by atoms with Crippen molar-refractivity contribution in [2.75, 3.05) is 0 Å². The number of fused-ring (bicyclic) bond motifs is 1. The Morgan fingerprint density at radius 3 is 2.55 bits per heavy atom. The molecule has 0 spiro atoms. The van der Waals surface area contributed by atoms with Crippen LogP contribution in [0.3, 0.4) is 0 Å². The van der Waals surface area contributed by atoms with Crippen molar-refractivity contribution in [3.63, 3.8) is 0 Å². The Labute approximate surface area is 128 Å². The van der Waals surface area contributed by atoms with E-state index < -0.39 is 0 Å². The molecule has 0 N–H and O–H groups in total. The molecule has 0 unspecified atom stereocenters. The second-order valence-electron chi connectivity index (χ2n) is 5.58. The summed E-state index contributed by atoms with van der Waals surface area (Å²) < 4.78 is 7.99. The van der Waals surface area contributed by atoms with Gasteiger partial charge in [-0.2, -0.15) is 0 Å². The van der Waals surface area contributed by atoms with Gasteiger partial charge in [-0.05, 0) is 55.8 Å². The van der Waals surface area contributed by atoms with E-state index >= 15 is 0 Å². The molecule has 0 radical (unpaired) electrons. The van der Waals surface area contributed by atoms with Crippen LogP contribution >= 0.6 is 0 Å². The number of rotatable bonds is 2. The minimum Gasteiger partial charge on any atom is -0.436 e. The van der Waals surface area contributed by atoms with Crippen molar-refractivity contribution >= 4 is 11.1 Å². The Morgan fingerprint density at radius 1 is 0.955 bits per heavy atom. The molecule has 2 aromatic heterocycles. The molecular weight excluding hydrogens is 272 g/mol. The first-order valence-corrected chi connectivity index (χ1v) is 7.32. The van der Waals surface area contributed by atoms with E-state index in [0.717, 1.165) is 22.4 Å². The normalized spacial score (nSPS) is 11.2. The molecule has 0 atom stereocenters. The number of nitrogens with zero attached hydrogens (tertiary/aromatic N) is 2. The molecular formula is C19H16N2O. The summed E-state index contributed by atoms with van der Waals surface area (Å²) in [6.07, 6.45) is 4.04. The lowest BCUT2D eigenvalue weighted by molar-refractivity contribution is 0.619. The van der Waals surface area contributed by atoms with Crippen molar-refractivity contribution in [1.82, 2.24) is 9.55 Å². The van der Waals surface area contributed by atoms with Crippen LogP contribution in [0.15, 0.2) is 65.3 Å². The number of oxazole rings is 1. The highest BCUT2D eigenvalue weighted by Gasteiger charge is 2.11. The van der Waals surface area contributed by atoms with Gasteiger partial charge in [0.2, 0.25) is 5.89 Å². The smallest absolute Gasteiger partial charge is 0.227 e. The van der Waals surface area contributed by atoms with E-state index in [1.54, 1.807) is 0 Å². The van der Waals surface area contributed by atoms with E-state index in [2.05, 4.69) is 41.6 Å². The molecule has 0 bridgehead atoms. The molecule has 4 aromatic rings. The van der Waals surface area contributed by atoms with E-state index in [9.17, 15) is 0 Å². The Bertz CT molecular complexity index is 949. The zero-order valence-electron chi connectivity index (χ0n) is 12.6. The summed E-state index contributed by atoms with van der Waals surface area (Å²) in [4.78, 5) is 4.66. The Balaban J connectivity index is 1.84.